The normalized spacial score (nSPS) is 18.4. The summed E-state index contributed by atoms with van der Waals surface area (Å²) in [6, 6.07) is 11.5. The molecule has 2 aromatic carbocycles. The van der Waals surface area contributed by atoms with Crippen LogP contribution in [-0.2, 0) is 14.4 Å². The van der Waals surface area contributed by atoms with Crippen molar-refractivity contribution in [3.63, 3.8) is 0 Å². The Morgan fingerprint density at radius 3 is 2.43 bits per heavy atom. The number of carbonyl (C=O) groups excluding carboxylic acids is 2. The first kappa shape index (κ1) is 19.4. The largest absolute Gasteiger partial charge is 0.507 e. The number of likely N-dealkylation sites (tertiary alicyclic amines) is 1. The maximum absolute atomic E-state index is 12.7. The molecular formula is C20H16ClNO6. The number of aliphatic hydroxyl groups is 1. The van der Waals surface area contributed by atoms with Gasteiger partial charge >= 0.3 is 5.97 Å². The predicted octanol–water partition coefficient (Wildman–Crippen LogP) is 2.85. The number of halogens is 1. The quantitative estimate of drug-likeness (QED) is 0.453. The Labute approximate surface area is 165 Å². The SMILES string of the molecule is COc1cccc(C2/C(=C(\O)c3ccc(Cl)cc3)C(=O)C(=O)N2CC(=O)O)c1. The van der Waals surface area contributed by atoms with Gasteiger partial charge in [-0.3, -0.25) is 14.4 Å². The van der Waals surface area contributed by atoms with E-state index < -0.39 is 36.0 Å². The summed E-state index contributed by atoms with van der Waals surface area (Å²) < 4.78 is 5.18. The van der Waals surface area contributed by atoms with Crippen LogP contribution in [0.3, 0.4) is 0 Å². The van der Waals surface area contributed by atoms with Gasteiger partial charge in [0.15, 0.2) is 0 Å². The number of carboxylic acids is 1. The molecule has 1 atom stereocenters. The van der Waals surface area contributed by atoms with Crippen molar-refractivity contribution in [2.75, 3.05) is 13.7 Å². The van der Waals surface area contributed by atoms with Crippen LogP contribution in [0.1, 0.15) is 17.2 Å². The van der Waals surface area contributed by atoms with E-state index in [1.54, 1.807) is 24.3 Å². The molecule has 1 fully saturated rings. The van der Waals surface area contributed by atoms with Gasteiger partial charge < -0.3 is 19.8 Å². The van der Waals surface area contributed by atoms with Crippen molar-refractivity contribution in [2.24, 2.45) is 0 Å². The molecule has 0 radical (unpaired) electrons. The number of Topliss-reactive ketones (excluding diaryl/α,β-unsaturated/α-hetero) is 1. The highest BCUT2D eigenvalue weighted by atomic mass is 35.5. The van der Waals surface area contributed by atoms with Crippen LogP contribution in [0.4, 0.5) is 0 Å². The van der Waals surface area contributed by atoms with Crippen molar-refractivity contribution in [3.8, 4) is 5.75 Å². The summed E-state index contributed by atoms with van der Waals surface area (Å²) in [6.07, 6.45) is 0. The lowest BCUT2D eigenvalue weighted by molar-refractivity contribution is -0.146. The first-order valence-electron chi connectivity index (χ1n) is 8.23. The number of carboxylic acid groups (broad SMARTS) is 1. The molecule has 0 bridgehead atoms. The highest BCUT2D eigenvalue weighted by Crippen LogP contribution is 2.40. The lowest BCUT2D eigenvalue weighted by Crippen LogP contribution is -2.34. The Balaban J connectivity index is 2.20. The number of ketones is 1. The van der Waals surface area contributed by atoms with E-state index in [1.807, 2.05) is 0 Å². The van der Waals surface area contributed by atoms with Gasteiger partial charge in [0.1, 0.15) is 18.1 Å². The van der Waals surface area contributed by atoms with Crippen LogP contribution in [0.25, 0.3) is 5.76 Å². The lowest BCUT2D eigenvalue weighted by Gasteiger charge is -2.24. The molecular weight excluding hydrogens is 386 g/mol. The van der Waals surface area contributed by atoms with E-state index in [1.165, 1.54) is 31.4 Å². The van der Waals surface area contributed by atoms with Crippen LogP contribution in [0.5, 0.6) is 5.75 Å². The van der Waals surface area contributed by atoms with Gasteiger partial charge in [-0.15, -0.1) is 0 Å². The van der Waals surface area contributed by atoms with E-state index in [4.69, 9.17) is 16.3 Å². The molecule has 1 heterocycles. The Morgan fingerprint density at radius 2 is 1.82 bits per heavy atom. The van der Waals surface area contributed by atoms with Gasteiger partial charge in [0.2, 0.25) is 0 Å². The van der Waals surface area contributed by atoms with Crippen LogP contribution in [0.2, 0.25) is 5.02 Å². The van der Waals surface area contributed by atoms with E-state index in [-0.39, 0.29) is 11.1 Å². The van der Waals surface area contributed by atoms with Gasteiger partial charge in [-0.05, 0) is 42.0 Å². The molecule has 7 nitrogen and oxygen atoms in total. The molecule has 3 rings (SSSR count). The van der Waals surface area contributed by atoms with Crippen LogP contribution in [-0.4, -0.2) is 46.4 Å². The second kappa shape index (κ2) is 7.74. The van der Waals surface area contributed by atoms with Gasteiger partial charge in [0, 0.05) is 10.6 Å². The van der Waals surface area contributed by atoms with Gasteiger partial charge in [-0.2, -0.15) is 0 Å². The molecule has 8 heteroatoms. The number of aliphatic hydroxyl groups excluding tert-OH is 1. The molecule has 0 aliphatic carbocycles. The van der Waals surface area contributed by atoms with Crippen LogP contribution in [0, 0.1) is 0 Å². The Kier molecular flexibility index (Phi) is 5.37. The number of hydrogen-bond acceptors (Lipinski definition) is 5. The number of rotatable bonds is 5. The molecule has 0 aromatic heterocycles. The van der Waals surface area contributed by atoms with Crippen molar-refractivity contribution < 1.29 is 29.3 Å². The minimum Gasteiger partial charge on any atom is -0.507 e. The number of amides is 1. The third-order valence-corrected chi connectivity index (χ3v) is 4.62. The summed E-state index contributed by atoms with van der Waals surface area (Å²) >= 11 is 5.86. The van der Waals surface area contributed by atoms with Crippen molar-refractivity contribution >= 4 is 35.0 Å². The summed E-state index contributed by atoms with van der Waals surface area (Å²) in [7, 11) is 1.46. The van der Waals surface area contributed by atoms with Crippen molar-refractivity contribution in [1.82, 2.24) is 4.90 Å². The van der Waals surface area contributed by atoms with E-state index in [2.05, 4.69) is 0 Å². The van der Waals surface area contributed by atoms with Gasteiger partial charge in [-0.25, -0.2) is 0 Å². The highest BCUT2D eigenvalue weighted by Gasteiger charge is 2.46. The van der Waals surface area contributed by atoms with Gasteiger partial charge in [0.25, 0.3) is 11.7 Å². The standard InChI is InChI=1S/C20H16ClNO6/c1-28-14-4-2-3-12(9-14)17-16(18(25)11-5-7-13(21)8-6-11)19(26)20(27)22(17)10-15(23)24/h2-9,17,25H,10H2,1H3,(H,23,24)/b18-16+. The lowest BCUT2D eigenvalue weighted by atomic mass is 9.95. The number of methoxy groups -OCH3 is 1. The first-order valence-corrected chi connectivity index (χ1v) is 8.61. The van der Waals surface area contributed by atoms with E-state index >= 15 is 0 Å². The zero-order valence-corrected chi connectivity index (χ0v) is 15.5. The fraction of sp³-hybridized carbons (Fsp3) is 0.150. The second-order valence-corrected chi connectivity index (χ2v) is 6.54. The van der Waals surface area contributed by atoms with Crippen molar-refractivity contribution in [1.29, 1.82) is 0 Å². The van der Waals surface area contributed by atoms with Crippen LogP contribution < -0.4 is 4.74 Å². The fourth-order valence-electron chi connectivity index (χ4n) is 3.11. The molecule has 1 saturated heterocycles. The first-order chi connectivity index (χ1) is 13.3. The molecule has 2 aromatic rings. The number of aliphatic carboxylic acids is 1. The second-order valence-electron chi connectivity index (χ2n) is 6.10. The summed E-state index contributed by atoms with van der Waals surface area (Å²) in [4.78, 5) is 37.3. The molecule has 1 aliphatic heterocycles. The number of carbonyl (C=O) groups is 3. The number of nitrogens with zero attached hydrogens (tertiary/aromatic N) is 1. The van der Waals surface area contributed by atoms with E-state index in [9.17, 15) is 24.6 Å². The fourth-order valence-corrected chi connectivity index (χ4v) is 3.24. The van der Waals surface area contributed by atoms with Crippen molar-refractivity contribution in [3.05, 3.63) is 70.3 Å². The number of ether oxygens (including phenoxy) is 1. The average molecular weight is 402 g/mol. The van der Waals surface area contributed by atoms with Gasteiger partial charge in [-0.1, -0.05) is 23.7 Å². The molecule has 0 saturated carbocycles. The number of hydrogen-bond donors (Lipinski definition) is 2. The monoisotopic (exact) mass is 401 g/mol. The average Bonchev–Trinajstić information content (AvgIpc) is 2.92. The Hall–Kier alpha value is -3.32. The Morgan fingerprint density at radius 1 is 1.14 bits per heavy atom. The van der Waals surface area contributed by atoms with E-state index in [0.29, 0.717) is 16.3 Å². The molecule has 1 unspecified atom stereocenters. The summed E-state index contributed by atoms with van der Waals surface area (Å²) in [5.41, 5.74) is 0.530. The van der Waals surface area contributed by atoms with Gasteiger partial charge in [0.05, 0.1) is 18.7 Å². The molecule has 0 spiro atoms. The maximum Gasteiger partial charge on any atom is 0.323 e. The topological polar surface area (TPSA) is 104 Å². The van der Waals surface area contributed by atoms with Crippen LogP contribution >= 0.6 is 11.6 Å². The third-order valence-electron chi connectivity index (χ3n) is 4.37. The van der Waals surface area contributed by atoms with E-state index in [0.717, 1.165) is 4.90 Å². The molecule has 1 aliphatic rings. The molecule has 144 valence electrons. The Bertz CT molecular complexity index is 982. The predicted molar refractivity (Wildman–Crippen MR) is 101 cm³/mol. The summed E-state index contributed by atoms with van der Waals surface area (Å²) in [5.74, 6) is -3.17. The van der Waals surface area contributed by atoms with Crippen molar-refractivity contribution in [2.45, 2.75) is 6.04 Å². The maximum atomic E-state index is 12.7. The number of benzene rings is 2. The molecule has 1 amide bonds. The molecule has 28 heavy (non-hydrogen) atoms. The zero-order valence-electron chi connectivity index (χ0n) is 14.8. The zero-order chi connectivity index (χ0) is 20.4. The summed E-state index contributed by atoms with van der Waals surface area (Å²) in [5, 5.41) is 20.4. The highest BCUT2D eigenvalue weighted by molar-refractivity contribution is 6.46. The summed E-state index contributed by atoms with van der Waals surface area (Å²) in [6.45, 7) is -0.691. The smallest absolute Gasteiger partial charge is 0.323 e. The third kappa shape index (κ3) is 3.57. The minimum absolute atomic E-state index is 0.193. The van der Waals surface area contributed by atoms with Crippen LogP contribution in [0.15, 0.2) is 54.1 Å². The minimum atomic E-state index is -1.28. The molecule has 2 N–H and O–H groups in total.